The summed E-state index contributed by atoms with van der Waals surface area (Å²) in [5.41, 5.74) is 0.780. The molecule has 0 heterocycles. The van der Waals surface area contributed by atoms with Gasteiger partial charge < -0.3 is 4.57 Å². The third-order valence-electron chi connectivity index (χ3n) is 1.49. The van der Waals surface area contributed by atoms with Crippen LogP contribution in [0.2, 0.25) is 0 Å². The fourth-order valence-corrected chi connectivity index (χ4v) is 1.92. The highest BCUT2D eigenvalue weighted by Crippen LogP contribution is 2.31. The van der Waals surface area contributed by atoms with Gasteiger partial charge in [0.25, 0.3) is 5.69 Å². The molecule has 0 bridgehead atoms. The molecule has 0 aliphatic rings. The Morgan fingerprint density at radius 3 is 2.31 bits per heavy atom. The lowest BCUT2D eigenvalue weighted by Gasteiger charge is -1.95. The SMILES string of the molecule is O=[N+]([O-])c1ccc(C[PH](=O)Cl)cc1. The first-order valence-electron chi connectivity index (χ1n) is 3.51. The second kappa shape index (κ2) is 4.40. The van der Waals surface area contributed by atoms with Gasteiger partial charge in [0.2, 0.25) is 0 Å². The first-order valence-corrected chi connectivity index (χ1v) is 6.14. The summed E-state index contributed by atoms with van der Waals surface area (Å²) < 4.78 is 10.6. The normalized spacial score (nSPS) is 12.4. The molecule has 0 aliphatic heterocycles. The van der Waals surface area contributed by atoms with Crippen LogP contribution in [-0.2, 0) is 10.7 Å². The van der Waals surface area contributed by atoms with Crippen LogP contribution in [0.3, 0.4) is 0 Å². The van der Waals surface area contributed by atoms with Gasteiger partial charge in [-0.3, -0.25) is 10.1 Å². The van der Waals surface area contributed by atoms with Gasteiger partial charge in [0.15, 0.2) is 7.15 Å². The second-order valence-electron chi connectivity index (χ2n) is 2.46. The predicted molar refractivity (Wildman–Crippen MR) is 51.7 cm³/mol. The summed E-state index contributed by atoms with van der Waals surface area (Å²) in [6.45, 7) is 0. The van der Waals surface area contributed by atoms with Crippen molar-refractivity contribution < 1.29 is 9.49 Å². The zero-order valence-corrected chi connectivity index (χ0v) is 8.32. The number of hydrogen-bond acceptors (Lipinski definition) is 3. The summed E-state index contributed by atoms with van der Waals surface area (Å²) in [7, 11) is -2.07. The van der Waals surface area contributed by atoms with Gasteiger partial charge in [-0.2, -0.15) is 0 Å². The Labute approximate surface area is 80.2 Å². The smallest absolute Gasteiger partial charge is 0.269 e. The Morgan fingerprint density at radius 1 is 1.38 bits per heavy atom. The minimum absolute atomic E-state index is 0.0259. The predicted octanol–water partition coefficient (Wildman–Crippen LogP) is 2.81. The molecule has 0 N–H and O–H groups in total. The highest BCUT2D eigenvalue weighted by molar-refractivity contribution is 7.73. The summed E-state index contributed by atoms with van der Waals surface area (Å²) in [5, 5.41) is 10.3. The maximum absolute atomic E-state index is 10.6. The van der Waals surface area contributed by atoms with Crippen LogP contribution in [0.25, 0.3) is 0 Å². The maximum Gasteiger partial charge on any atom is 0.269 e. The van der Waals surface area contributed by atoms with E-state index >= 15 is 0 Å². The van der Waals surface area contributed by atoms with Crippen molar-refractivity contribution in [3.8, 4) is 0 Å². The third-order valence-corrected chi connectivity index (χ3v) is 2.58. The van der Waals surface area contributed by atoms with Crippen LogP contribution in [0.1, 0.15) is 5.56 Å². The van der Waals surface area contributed by atoms with E-state index in [4.69, 9.17) is 11.2 Å². The van der Waals surface area contributed by atoms with Crippen LogP contribution in [0.15, 0.2) is 24.3 Å². The van der Waals surface area contributed by atoms with Crippen molar-refractivity contribution >= 4 is 24.1 Å². The Balaban J connectivity index is 2.81. The molecule has 0 saturated carbocycles. The number of non-ortho nitro benzene ring substituents is 1. The van der Waals surface area contributed by atoms with E-state index in [9.17, 15) is 14.7 Å². The van der Waals surface area contributed by atoms with Crippen molar-refractivity contribution in [1.29, 1.82) is 0 Å². The van der Waals surface area contributed by atoms with E-state index < -0.39 is 12.1 Å². The molecule has 0 aromatic heterocycles. The quantitative estimate of drug-likeness (QED) is 0.446. The minimum Gasteiger partial charge on any atom is -0.310 e. The fraction of sp³-hybridized carbons (Fsp3) is 0.143. The summed E-state index contributed by atoms with van der Waals surface area (Å²) in [4.78, 5) is 9.78. The molecule has 0 radical (unpaired) electrons. The fourth-order valence-electron chi connectivity index (χ4n) is 0.896. The van der Waals surface area contributed by atoms with Crippen LogP contribution >= 0.6 is 18.4 Å². The van der Waals surface area contributed by atoms with E-state index in [-0.39, 0.29) is 11.8 Å². The van der Waals surface area contributed by atoms with Gasteiger partial charge >= 0.3 is 0 Å². The summed E-state index contributed by atoms with van der Waals surface area (Å²) >= 11 is 5.33. The van der Waals surface area contributed by atoms with Crippen LogP contribution in [0.5, 0.6) is 0 Å². The summed E-state index contributed by atoms with van der Waals surface area (Å²) in [6, 6.07) is 5.86. The number of rotatable bonds is 3. The van der Waals surface area contributed by atoms with Gasteiger partial charge in [-0.15, -0.1) is 0 Å². The van der Waals surface area contributed by atoms with Gasteiger partial charge in [0.1, 0.15) is 0 Å². The molecular formula is C7H7ClNO3P. The lowest BCUT2D eigenvalue weighted by molar-refractivity contribution is -0.384. The van der Waals surface area contributed by atoms with Crippen LogP contribution < -0.4 is 0 Å². The molecule has 0 amide bonds. The highest BCUT2D eigenvalue weighted by Gasteiger charge is 2.04. The van der Waals surface area contributed by atoms with Crippen molar-refractivity contribution in [2.75, 3.05) is 0 Å². The van der Waals surface area contributed by atoms with Crippen molar-refractivity contribution in [2.24, 2.45) is 0 Å². The molecule has 1 unspecified atom stereocenters. The average Bonchev–Trinajstić information content (AvgIpc) is 2.04. The molecule has 70 valence electrons. The summed E-state index contributed by atoms with van der Waals surface area (Å²) in [6.07, 6.45) is 0.282. The molecule has 4 nitrogen and oxygen atoms in total. The lowest BCUT2D eigenvalue weighted by atomic mass is 10.2. The number of nitro benzene ring substituents is 1. The molecule has 0 saturated heterocycles. The Hall–Kier alpha value is -0.860. The largest absolute Gasteiger partial charge is 0.310 e. The molecule has 0 aliphatic carbocycles. The van der Waals surface area contributed by atoms with Crippen molar-refractivity contribution in [3.05, 3.63) is 39.9 Å². The third kappa shape index (κ3) is 3.17. The monoisotopic (exact) mass is 219 g/mol. The van der Waals surface area contributed by atoms with Gasteiger partial charge in [0.05, 0.1) is 4.92 Å². The first-order chi connectivity index (χ1) is 6.09. The van der Waals surface area contributed by atoms with E-state index in [1.807, 2.05) is 0 Å². The molecular weight excluding hydrogens is 213 g/mol. The van der Waals surface area contributed by atoms with Crippen LogP contribution in [0.4, 0.5) is 5.69 Å². The molecule has 6 heteroatoms. The van der Waals surface area contributed by atoms with Crippen molar-refractivity contribution in [2.45, 2.75) is 6.16 Å². The number of nitrogens with zero attached hydrogens (tertiary/aromatic N) is 1. The van der Waals surface area contributed by atoms with Crippen molar-refractivity contribution in [1.82, 2.24) is 0 Å². The lowest BCUT2D eigenvalue weighted by Crippen LogP contribution is -1.87. The number of halogens is 1. The summed E-state index contributed by atoms with van der Waals surface area (Å²) in [5.74, 6) is 0. The Bertz CT molecular complexity index is 338. The molecule has 1 aromatic carbocycles. The molecule has 1 rings (SSSR count). The van der Waals surface area contributed by atoms with E-state index in [0.29, 0.717) is 0 Å². The zero-order valence-electron chi connectivity index (χ0n) is 6.57. The van der Waals surface area contributed by atoms with Crippen molar-refractivity contribution in [3.63, 3.8) is 0 Å². The first kappa shape index (κ1) is 10.2. The Morgan fingerprint density at radius 2 is 1.92 bits per heavy atom. The average molecular weight is 220 g/mol. The highest BCUT2D eigenvalue weighted by atomic mass is 35.7. The van der Waals surface area contributed by atoms with Crippen LogP contribution in [-0.4, -0.2) is 4.92 Å². The molecule has 13 heavy (non-hydrogen) atoms. The second-order valence-corrected chi connectivity index (χ2v) is 4.78. The molecule has 0 fully saturated rings. The number of hydrogen-bond donors (Lipinski definition) is 0. The zero-order chi connectivity index (χ0) is 9.84. The van der Waals surface area contributed by atoms with Gasteiger partial charge in [-0.25, -0.2) is 0 Å². The minimum atomic E-state index is -2.07. The number of benzene rings is 1. The number of nitro groups is 1. The molecule has 1 atom stereocenters. The van der Waals surface area contributed by atoms with Gasteiger partial charge in [0, 0.05) is 18.3 Å². The van der Waals surface area contributed by atoms with Gasteiger partial charge in [-0.1, -0.05) is 23.4 Å². The standard InChI is InChI=1S/C7H7ClNO3P/c8-13(12)5-6-1-3-7(4-2-6)9(10)11/h1-4,13H,5H2. The van der Waals surface area contributed by atoms with E-state index in [0.717, 1.165) is 5.56 Å². The molecule has 1 aromatic rings. The topological polar surface area (TPSA) is 60.2 Å². The van der Waals surface area contributed by atoms with E-state index in [1.54, 1.807) is 12.1 Å². The van der Waals surface area contributed by atoms with Crippen LogP contribution in [0, 0.1) is 10.1 Å². The molecule has 0 spiro atoms. The van der Waals surface area contributed by atoms with E-state index in [2.05, 4.69) is 0 Å². The maximum atomic E-state index is 10.6. The van der Waals surface area contributed by atoms with Gasteiger partial charge in [-0.05, 0) is 5.56 Å². The van der Waals surface area contributed by atoms with E-state index in [1.165, 1.54) is 12.1 Å². The Kier molecular flexibility index (Phi) is 3.46.